The highest BCUT2D eigenvalue weighted by molar-refractivity contribution is 5.85. The smallest absolute Gasteiger partial charge is 0.341 e. The van der Waals surface area contributed by atoms with E-state index in [1.54, 1.807) is 0 Å². The highest BCUT2D eigenvalue weighted by Crippen LogP contribution is 2.62. The van der Waals surface area contributed by atoms with Crippen LogP contribution in [0.5, 0.6) is 0 Å². The molecule has 2 atom stereocenters. The van der Waals surface area contributed by atoms with E-state index in [2.05, 4.69) is 12.1 Å². The molecule has 0 aliphatic carbocycles. The van der Waals surface area contributed by atoms with Crippen molar-refractivity contribution < 1.29 is 14.3 Å². The van der Waals surface area contributed by atoms with Gasteiger partial charge in [0.1, 0.15) is 5.60 Å². The molecule has 1 aromatic rings. The molecule has 2 unspecified atom stereocenters. The Hall–Kier alpha value is -1.35. The summed E-state index contributed by atoms with van der Waals surface area (Å²) in [5.41, 5.74) is 0.872. The first kappa shape index (κ1) is 14.1. The molecule has 2 rings (SSSR count). The molecule has 1 aliphatic rings. The number of aryl methyl sites for hydroxylation is 1. The highest BCUT2D eigenvalue weighted by Gasteiger charge is 2.76. The maximum Gasteiger partial charge on any atom is 0.341 e. The predicted molar refractivity (Wildman–Crippen MR) is 73.8 cm³/mol. The topological polar surface area (TPSA) is 38.8 Å². The van der Waals surface area contributed by atoms with Crippen molar-refractivity contribution in [1.82, 2.24) is 0 Å². The van der Waals surface area contributed by atoms with Gasteiger partial charge < -0.3 is 9.47 Å². The molecule has 0 bridgehead atoms. The zero-order chi connectivity index (χ0) is 14.3. The Morgan fingerprint density at radius 1 is 1.32 bits per heavy atom. The third-order valence-electron chi connectivity index (χ3n) is 4.21. The summed E-state index contributed by atoms with van der Waals surface area (Å²) in [6.45, 7) is 8.10. The Kier molecular flexibility index (Phi) is 3.43. The lowest BCUT2D eigenvalue weighted by molar-refractivity contribution is -0.148. The summed E-state index contributed by atoms with van der Waals surface area (Å²) in [4.78, 5) is 12.2. The van der Waals surface area contributed by atoms with Gasteiger partial charge in [-0.1, -0.05) is 50.6 Å². The normalized spacial score (nSPS) is 29.4. The molecule has 3 heteroatoms. The second-order valence-electron chi connectivity index (χ2n) is 5.53. The van der Waals surface area contributed by atoms with Crippen molar-refractivity contribution in [2.75, 3.05) is 7.11 Å². The van der Waals surface area contributed by atoms with Crippen LogP contribution in [0.15, 0.2) is 24.3 Å². The van der Waals surface area contributed by atoms with E-state index in [1.807, 2.05) is 39.8 Å². The van der Waals surface area contributed by atoms with Crippen LogP contribution in [0.4, 0.5) is 0 Å². The van der Waals surface area contributed by atoms with E-state index in [4.69, 9.17) is 9.47 Å². The summed E-state index contributed by atoms with van der Waals surface area (Å²) in [5.74, 6) is -0.203. The first-order valence-electron chi connectivity index (χ1n) is 6.80. The van der Waals surface area contributed by atoms with Gasteiger partial charge in [0.2, 0.25) is 5.60 Å². The number of esters is 1. The Labute approximate surface area is 114 Å². The molecule has 1 saturated heterocycles. The molecule has 19 heavy (non-hydrogen) atoms. The third kappa shape index (κ3) is 1.79. The van der Waals surface area contributed by atoms with Gasteiger partial charge in [-0.25, -0.2) is 4.79 Å². The zero-order valence-electron chi connectivity index (χ0n) is 12.3. The number of hydrogen-bond acceptors (Lipinski definition) is 3. The van der Waals surface area contributed by atoms with Gasteiger partial charge in [0, 0.05) is 0 Å². The summed E-state index contributed by atoms with van der Waals surface area (Å²) in [7, 11) is 1.42. The molecule has 1 aliphatic heterocycles. The fraction of sp³-hybridized carbons (Fsp3) is 0.562. The van der Waals surface area contributed by atoms with E-state index in [1.165, 1.54) is 12.7 Å². The molecule has 0 N–H and O–H groups in total. The highest BCUT2D eigenvalue weighted by atomic mass is 16.7. The van der Waals surface area contributed by atoms with Crippen LogP contribution in [-0.2, 0) is 19.9 Å². The summed E-state index contributed by atoms with van der Waals surface area (Å²) in [6.07, 6.45) is 0.753. The van der Waals surface area contributed by atoms with E-state index in [-0.39, 0.29) is 11.9 Å². The molecule has 0 spiro atoms. The average Bonchev–Trinajstić information content (AvgIpc) is 3.10. The molecular formula is C16H22O3. The van der Waals surface area contributed by atoms with Crippen molar-refractivity contribution in [3.63, 3.8) is 0 Å². The number of rotatable bonds is 4. The van der Waals surface area contributed by atoms with Crippen molar-refractivity contribution >= 4 is 5.97 Å². The van der Waals surface area contributed by atoms with Gasteiger partial charge in [-0.3, -0.25) is 0 Å². The van der Waals surface area contributed by atoms with Crippen LogP contribution >= 0.6 is 0 Å². The fourth-order valence-electron chi connectivity index (χ4n) is 3.06. The summed E-state index contributed by atoms with van der Waals surface area (Å²) in [6, 6.07) is 8.20. The molecule has 0 saturated carbocycles. The number of hydrogen-bond donors (Lipinski definition) is 0. The lowest BCUT2D eigenvalue weighted by Gasteiger charge is -2.20. The second kappa shape index (κ2) is 4.64. The first-order valence-corrected chi connectivity index (χ1v) is 6.80. The minimum atomic E-state index is -0.842. The van der Waals surface area contributed by atoms with Crippen LogP contribution in [0.25, 0.3) is 0 Å². The predicted octanol–water partition coefficient (Wildman–Crippen LogP) is 3.20. The number of benzene rings is 1. The second-order valence-corrected chi connectivity index (χ2v) is 5.53. The van der Waals surface area contributed by atoms with Gasteiger partial charge >= 0.3 is 5.97 Å². The van der Waals surface area contributed by atoms with E-state index in [9.17, 15) is 4.79 Å². The zero-order valence-corrected chi connectivity index (χ0v) is 12.3. The SMILES string of the molecule is CCC1(c2ccc(C)cc2)OC1(C(=O)OC)C(C)C. The molecule has 1 aromatic carbocycles. The van der Waals surface area contributed by atoms with Gasteiger partial charge in [0.25, 0.3) is 0 Å². The van der Waals surface area contributed by atoms with E-state index >= 15 is 0 Å². The monoisotopic (exact) mass is 262 g/mol. The van der Waals surface area contributed by atoms with Crippen molar-refractivity contribution in [1.29, 1.82) is 0 Å². The first-order chi connectivity index (χ1) is 8.94. The van der Waals surface area contributed by atoms with Crippen LogP contribution in [-0.4, -0.2) is 18.7 Å². The van der Waals surface area contributed by atoms with Crippen molar-refractivity contribution in [3.8, 4) is 0 Å². The van der Waals surface area contributed by atoms with E-state index in [0.29, 0.717) is 0 Å². The fourth-order valence-corrected chi connectivity index (χ4v) is 3.06. The lowest BCUT2D eigenvalue weighted by atomic mass is 9.77. The summed E-state index contributed by atoms with van der Waals surface area (Å²) in [5, 5.41) is 0. The maximum atomic E-state index is 12.2. The molecule has 1 heterocycles. The minimum Gasteiger partial charge on any atom is -0.467 e. The Bertz CT molecular complexity index is 477. The molecule has 104 valence electrons. The van der Waals surface area contributed by atoms with Gasteiger partial charge in [-0.2, -0.15) is 0 Å². The molecule has 0 radical (unpaired) electrons. The van der Waals surface area contributed by atoms with Gasteiger partial charge in [0.05, 0.1) is 7.11 Å². The molecule has 3 nitrogen and oxygen atoms in total. The average molecular weight is 262 g/mol. The van der Waals surface area contributed by atoms with Crippen molar-refractivity contribution in [2.24, 2.45) is 5.92 Å². The number of methoxy groups -OCH3 is 1. The van der Waals surface area contributed by atoms with E-state index < -0.39 is 11.2 Å². The molecular weight excluding hydrogens is 240 g/mol. The van der Waals surface area contributed by atoms with Gasteiger partial charge in [-0.05, 0) is 24.8 Å². The van der Waals surface area contributed by atoms with Crippen LogP contribution in [0.1, 0.15) is 38.3 Å². The number of ether oxygens (including phenoxy) is 2. The van der Waals surface area contributed by atoms with Crippen molar-refractivity contribution in [3.05, 3.63) is 35.4 Å². The van der Waals surface area contributed by atoms with Crippen LogP contribution in [0.3, 0.4) is 0 Å². The van der Waals surface area contributed by atoms with Crippen LogP contribution in [0.2, 0.25) is 0 Å². The van der Waals surface area contributed by atoms with E-state index in [0.717, 1.165) is 12.0 Å². The van der Waals surface area contributed by atoms with Crippen LogP contribution in [0, 0.1) is 12.8 Å². The molecule has 0 aromatic heterocycles. The third-order valence-corrected chi connectivity index (χ3v) is 4.21. The quantitative estimate of drug-likeness (QED) is 0.618. The Morgan fingerprint density at radius 3 is 2.32 bits per heavy atom. The molecule has 0 amide bonds. The Balaban J connectivity index is 2.46. The minimum absolute atomic E-state index is 0.0706. The summed E-state index contributed by atoms with van der Waals surface area (Å²) < 4.78 is 11.0. The van der Waals surface area contributed by atoms with Crippen molar-refractivity contribution in [2.45, 2.75) is 45.3 Å². The van der Waals surface area contributed by atoms with Gasteiger partial charge in [-0.15, -0.1) is 0 Å². The largest absolute Gasteiger partial charge is 0.467 e. The molecule has 1 fully saturated rings. The summed E-state index contributed by atoms with van der Waals surface area (Å²) >= 11 is 0. The number of carbonyl (C=O) groups is 1. The standard InChI is InChI=1S/C16H22O3/c1-6-15(13-9-7-12(4)8-10-13)16(19-15,11(2)3)14(17)18-5/h7-11H,6H2,1-5H3. The van der Waals surface area contributed by atoms with Crippen LogP contribution < -0.4 is 0 Å². The Morgan fingerprint density at radius 2 is 1.89 bits per heavy atom. The lowest BCUT2D eigenvalue weighted by Crippen LogP contribution is -2.38. The van der Waals surface area contributed by atoms with Gasteiger partial charge in [0.15, 0.2) is 0 Å². The number of epoxide rings is 1. The maximum absolute atomic E-state index is 12.2. The number of carbonyl (C=O) groups excluding carboxylic acids is 1.